The van der Waals surface area contributed by atoms with E-state index in [0.717, 1.165) is 19.3 Å². The molecule has 0 radical (unpaired) electrons. The monoisotopic (exact) mass is 271 g/mol. The number of ketones is 1. The standard InChI is InChI=1S/C15H29NO3/c1-7-15(6,8-10-16-13(3)18)19-11-9-14(4,5)12(2)17/h7-11H2,1-6H3,(H,16,18). The van der Waals surface area contributed by atoms with Crippen molar-refractivity contribution in [2.45, 2.75) is 66.4 Å². The molecule has 0 aromatic heterocycles. The summed E-state index contributed by atoms with van der Waals surface area (Å²) in [6, 6.07) is 0. The van der Waals surface area contributed by atoms with E-state index in [2.05, 4.69) is 19.2 Å². The summed E-state index contributed by atoms with van der Waals surface area (Å²) < 4.78 is 5.94. The van der Waals surface area contributed by atoms with Crippen LogP contribution in [-0.4, -0.2) is 30.4 Å². The summed E-state index contributed by atoms with van der Waals surface area (Å²) >= 11 is 0. The predicted octanol–water partition coefficient (Wildman–Crippen LogP) is 2.70. The third-order valence-corrected chi connectivity index (χ3v) is 3.91. The first kappa shape index (κ1) is 18.1. The topological polar surface area (TPSA) is 55.4 Å². The first-order valence-corrected chi connectivity index (χ1v) is 7.02. The van der Waals surface area contributed by atoms with Crippen LogP contribution in [0.4, 0.5) is 0 Å². The quantitative estimate of drug-likeness (QED) is 0.701. The molecule has 0 aromatic carbocycles. The van der Waals surface area contributed by atoms with Crippen LogP contribution >= 0.6 is 0 Å². The molecule has 0 aliphatic rings. The number of hydrogen-bond acceptors (Lipinski definition) is 3. The second-order valence-electron chi connectivity index (χ2n) is 6.07. The van der Waals surface area contributed by atoms with Crippen LogP contribution in [0, 0.1) is 5.41 Å². The Labute approximate surface area is 117 Å². The molecule has 19 heavy (non-hydrogen) atoms. The Morgan fingerprint density at radius 1 is 1.11 bits per heavy atom. The summed E-state index contributed by atoms with van der Waals surface area (Å²) in [5, 5.41) is 2.79. The van der Waals surface area contributed by atoms with Crippen molar-refractivity contribution >= 4 is 11.7 Å². The summed E-state index contributed by atoms with van der Waals surface area (Å²) in [5.41, 5.74) is -0.568. The van der Waals surface area contributed by atoms with Crippen molar-refractivity contribution in [3.8, 4) is 0 Å². The summed E-state index contributed by atoms with van der Waals surface area (Å²) in [5.74, 6) is 0.170. The van der Waals surface area contributed by atoms with Gasteiger partial charge in [0.2, 0.25) is 5.91 Å². The number of rotatable bonds is 9. The molecule has 0 saturated heterocycles. The highest BCUT2D eigenvalue weighted by Gasteiger charge is 2.27. The molecule has 0 fully saturated rings. The lowest BCUT2D eigenvalue weighted by Crippen LogP contribution is -2.35. The Morgan fingerprint density at radius 3 is 2.11 bits per heavy atom. The van der Waals surface area contributed by atoms with Gasteiger partial charge in [-0.1, -0.05) is 20.8 Å². The van der Waals surface area contributed by atoms with E-state index in [1.54, 1.807) is 6.92 Å². The maximum Gasteiger partial charge on any atom is 0.216 e. The van der Waals surface area contributed by atoms with Crippen LogP contribution in [-0.2, 0) is 14.3 Å². The van der Waals surface area contributed by atoms with Crippen LogP contribution in [0.15, 0.2) is 0 Å². The van der Waals surface area contributed by atoms with E-state index in [0.29, 0.717) is 13.2 Å². The van der Waals surface area contributed by atoms with Gasteiger partial charge in [0.05, 0.1) is 5.60 Å². The molecular formula is C15H29NO3. The Balaban J connectivity index is 4.17. The van der Waals surface area contributed by atoms with E-state index in [-0.39, 0.29) is 22.7 Å². The largest absolute Gasteiger partial charge is 0.375 e. The Bertz CT molecular complexity index is 313. The molecule has 4 heteroatoms. The lowest BCUT2D eigenvalue weighted by molar-refractivity contribution is -0.127. The van der Waals surface area contributed by atoms with Crippen molar-refractivity contribution < 1.29 is 14.3 Å². The predicted molar refractivity (Wildman–Crippen MR) is 77.0 cm³/mol. The second kappa shape index (κ2) is 7.63. The summed E-state index contributed by atoms with van der Waals surface area (Å²) in [7, 11) is 0. The van der Waals surface area contributed by atoms with Crippen molar-refractivity contribution in [2.24, 2.45) is 5.41 Å². The first-order valence-electron chi connectivity index (χ1n) is 7.02. The molecule has 1 atom stereocenters. The van der Waals surface area contributed by atoms with Crippen LogP contribution in [0.2, 0.25) is 0 Å². The summed E-state index contributed by atoms with van der Waals surface area (Å²) in [4.78, 5) is 22.3. The van der Waals surface area contributed by atoms with Crippen LogP contribution in [0.3, 0.4) is 0 Å². The van der Waals surface area contributed by atoms with Crippen molar-refractivity contribution in [2.75, 3.05) is 13.2 Å². The fourth-order valence-electron chi connectivity index (χ4n) is 1.58. The molecule has 1 amide bonds. The van der Waals surface area contributed by atoms with Crippen LogP contribution in [0.25, 0.3) is 0 Å². The molecule has 4 nitrogen and oxygen atoms in total. The number of carbonyl (C=O) groups excluding carboxylic acids is 2. The van der Waals surface area contributed by atoms with Crippen LogP contribution in [0.5, 0.6) is 0 Å². The van der Waals surface area contributed by atoms with Gasteiger partial charge in [-0.05, 0) is 33.1 Å². The van der Waals surface area contributed by atoms with E-state index in [4.69, 9.17) is 4.74 Å². The zero-order valence-electron chi connectivity index (χ0n) is 13.3. The highest BCUT2D eigenvalue weighted by Crippen LogP contribution is 2.25. The third kappa shape index (κ3) is 7.31. The lowest BCUT2D eigenvalue weighted by Gasteiger charge is -2.31. The fourth-order valence-corrected chi connectivity index (χ4v) is 1.58. The average Bonchev–Trinajstić information content (AvgIpc) is 2.28. The minimum Gasteiger partial charge on any atom is -0.375 e. The van der Waals surface area contributed by atoms with E-state index in [1.165, 1.54) is 6.92 Å². The van der Waals surface area contributed by atoms with Gasteiger partial charge in [0.25, 0.3) is 0 Å². The molecule has 0 bridgehead atoms. The second-order valence-corrected chi connectivity index (χ2v) is 6.07. The van der Waals surface area contributed by atoms with E-state index in [9.17, 15) is 9.59 Å². The molecule has 0 aliphatic carbocycles. The number of carbonyl (C=O) groups is 2. The van der Waals surface area contributed by atoms with Gasteiger partial charge in [0.1, 0.15) is 5.78 Å². The molecule has 0 saturated carbocycles. The Hall–Kier alpha value is -0.900. The zero-order chi connectivity index (χ0) is 15.1. The highest BCUT2D eigenvalue weighted by atomic mass is 16.5. The Morgan fingerprint density at radius 2 is 1.68 bits per heavy atom. The third-order valence-electron chi connectivity index (χ3n) is 3.91. The van der Waals surface area contributed by atoms with Crippen molar-refractivity contribution in [1.29, 1.82) is 0 Å². The van der Waals surface area contributed by atoms with Gasteiger partial charge in [0.15, 0.2) is 0 Å². The molecule has 0 aliphatic heterocycles. The Kier molecular flexibility index (Phi) is 7.27. The highest BCUT2D eigenvalue weighted by molar-refractivity contribution is 5.81. The molecule has 0 aromatic rings. The summed E-state index contributed by atoms with van der Waals surface area (Å²) in [6.45, 7) is 12.3. The normalized spacial score (nSPS) is 14.8. The van der Waals surface area contributed by atoms with Crippen molar-refractivity contribution in [3.63, 3.8) is 0 Å². The number of hydrogen-bond donors (Lipinski definition) is 1. The van der Waals surface area contributed by atoms with E-state index < -0.39 is 0 Å². The molecule has 0 spiro atoms. The number of Topliss-reactive ketones (excluding diaryl/α,β-unsaturated/α-hetero) is 1. The van der Waals surface area contributed by atoms with Gasteiger partial charge < -0.3 is 10.1 Å². The average molecular weight is 271 g/mol. The van der Waals surface area contributed by atoms with E-state index >= 15 is 0 Å². The van der Waals surface area contributed by atoms with Gasteiger partial charge in [-0.2, -0.15) is 0 Å². The van der Waals surface area contributed by atoms with Crippen molar-refractivity contribution in [3.05, 3.63) is 0 Å². The molecule has 0 rings (SSSR count). The van der Waals surface area contributed by atoms with Crippen LogP contribution < -0.4 is 5.32 Å². The van der Waals surface area contributed by atoms with Gasteiger partial charge >= 0.3 is 0 Å². The fraction of sp³-hybridized carbons (Fsp3) is 0.867. The van der Waals surface area contributed by atoms with Gasteiger partial charge in [-0.3, -0.25) is 9.59 Å². The molecule has 112 valence electrons. The summed E-state index contributed by atoms with van der Waals surface area (Å²) in [6.07, 6.45) is 2.38. The number of nitrogens with one attached hydrogen (secondary N) is 1. The van der Waals surface area contributed by atoms with Gasteiger partial charge in [-0.15, -0.1) is 0 Å². The van der Waals surface area contributed by atoms with E-state index in [1.807, 2.05) is 13.8 Å². The maximum absolute atomic E-state index is 11.4. The van der Waals surface area contributed by atoms with Crippen molar-refractivity contribution in [1.82, 2.24) is 5.32 Å². The lowest BCUT2D eigenvalue weighted by atomic mass is 9.85. The van der Waals surface area contributed by atoms with Crippen LogP contribution in [0.1, 0.15) is 60.8 Å². The number of amides is 1. The molecular weight excluding hydrogens is 242 g/mol. The SMILES string of the molecule is CCC(C)(CCNC(C)=O)OCCC(C)(C)C(C)=O. The first-order chi connectivity index (χ1) is 8.63. The zero-order valence-corrected chi connectivity index (χ0v) is 13.3. The maximum atomic E-state index is 11.4. The van der Waals surface area contributed by atoms with Gasteiger partial charge in [0, 0.05) is 25.5 Å². The smallest absolute Gasteiger partial charge is 0.216 e. The molecule has 1 unspecified atom stereocenters. The molecule has 0 heterocycles. The number of ether oxygens (including phenoxy) is 1. The minimum absolute atomic E-state index is 0.0174. The molecule has 1 N–H and O–H groups in total. The minimum atomic E-state index is -0.327. The van der Waals surface area contributed by atoms with Gasteiger partial charge in [-0.25, -0.2) is 0 Å².